The quantitative estimate of drug-likeness (QED) is 0.513. The van der Waals surface area contributed by atoms with Crippen molar-refractivity contribution in [3.05, 3.63) is 72.6 Å². The summed E-state index contributed by atoms with van der Waals surface area (Å²) in [5.41, 5.74) is 1.63. The van der Waals surface area contributed by atoms with Crippen LogP contribution in [0.15, 0.2) is 76.0 Å². The summed E-state index contributed by atoms with van der Waals surface area (Å²) in [6.45, 7) is 0.942. The monoisotopic (exact) mass is 392 g/mol. The zero-order valence-electron chi connectivity index (χ0n) is 15.3. The van der Waals surface area contributed by atoms with Crippen molar-refractivity contribution in [2.45, 2.75) is 23.7 Å². The Hall–Kier alpha value is -2.70. The number of rotatable bonds is 3. The number of hydrogen-bond donors (Lipinski definition) is 0. The fourth-order valence-electron chi connectivity index (χ4n) is 3.88. The maximum Gasteiger partial charge on any atom is 0.243 e. The van der Waals surface area contributed by atoms with E-state index in [1.807, 2.05) is 54.6 Å². The normalized spacial score (nSPS) is 16.7. The van der Waals surface area contributed by atoms with Gasteiger partial charge >= 0.3 is 0 Å². The molecule has 28 heavy (non-hydrogen) atoms. The summed E-state index contributed by atoms with van der Waals surface area (Å²) in [6, 6.07) is 20.8. The number of aromatic nitrogens is 1. The van der Waals surface area contributed by atoms with Gasteiger partial charge in [0.2, 0.25) is 10.0 Å². The van der Waals surface area contributed by atoms with Gasteiger partial charge in [-0.05, 0) is 47.9 Å². The minimum atomic E-state index is -3.50. The highest BCUT2D eigenvalue weighted by Gasteiger charge is 2.31. The molecule has 6 heteroatoms. The predicted octanol–water partition coefficient (Wildman–Crippen LogP) is 4.55. The molecule has 0 atom stereocenters. The van der Waals surface area contributed by atoms with Crippen LogP contribution in [0.25, 0.3) is 21.9 Å². The fourth-order valence-corrected chi connectivity index (χ4v) is 5.39. The van der Waals surface area contributed by atoms with E-state index in [2.05, 4.69) is 4.98 Å². The molecule has 0 unspecified atom stereocenters. The van der Waals surface area contributed by atoms with Crippen molar-refractivity contribution in [3.63, 3.8) is 0 Å². The lowest BCUT2D eigenvalue weighted by atomic mass is 9.98. The van der Waals surface area contributed by atoms with Gasteiger partial charge in [0.1, 0.15) is 5.52 Å². The summed E-state index contributed by atoms with van der Waals surface area (Å²) in [6.07, 6.45) is 1.42. The first-order valence-corrected chi connectivity index (χ1v) is 10.9. The van der Waals surface area contributed by atoms with Gasteiger partial charge < -0.3 is 4.42 Å². The Morgan fingerprint density at radius 3 is 2.39 bits per heavy atom. The SMILES string of the molecule is O=S(=O)(c1ccc2ccccc2c1)N1CCC(c2nc3ccccc3o2)CC1. The van der Waals surface area contributed by atoms with Gasteiger partial charge in [-0.1, -0.05) is 42.5 Å². The van der Waals surface area contributed by atoms with Crippen LogP contribution in [0, 0.1) is 0 Å². The van der Waals surface area contributed by atoms with Gasteiger partial charge in [-0.25, -0.2) is 13.4 Å². The predicted molar refractivity (Wildman–Crippen MR) is 109 cm³/mol. The molecule has 2 heterocycles. The van der Waals surface area contributed by atoms with E-state index in [-0.39, 0.29) is 5.92 Å². The molecular weight excluding hydrogens is 372 g/mol. The smallest absolute Gasteiger partial charge is 0.243 e. The van der Waals surface area contributed by atoms with Crippen LogP contribution >= 0.6 is 0 Å². The zero-order valence-corrected chi connectivity index (χ0v) is 16.1. The van der Waals surface area contributed by atoms with E-state index < -0.39 is 10.0 Å². The lowest BCUT2D eigenvalue weighted by Gasteiger charge is -2.29. The van der Waals surface area contributed by atoms with Gasteiger partial charge in [0.05, 0.1) is 4.90 Å². The first-order valence-electron chi connectivity index (χ1n) is 9.46. The van der Waals surface area contributed by atoms with Gasteiger partial charge in [0, 0.05) is 19.0 Å². The zero-order chi connectivity index (χ0) is 19.1. The minimum Gasteiger partial charge on any atom is -0.440 e. The molecule has 5 nitrogen and oxygen atoms in total. The lowest BCUT2D eigenvalue weighted by Crippen LogP contribution is -2.37. The summed E-state index contributed by atoms with van der Waals surface area (Å²) in [4.78, 5) is 4.93. The molecule has 1 aliphatic heterocycles. The number of sulfonamides is 1. The van der Waals surface area contributed by atoms with E-state index in [1.54, 1.807) is 16.4 Å². The number of benzene rings is 3. The van der Waals surface area contributed by atoms with E-state index in [1.165, 1.54) is 0 Å². The third-order valence-corrected chi connectivity index (χ3v) is 7.37. The molecule has 0 spiro atoms. The average molecular weight is 392 g/mol. The molecule has 0 saturated carbocycles. The molecular formula is C22H20N2O3S. The molecule has 0 bridgehead atoms. The minimum absolute atomic E-state index is 0.149. The maximum absolute atomic E-state index is 13.1. The Bertz CT molecular complexity index is 1220. The number of nitrogens with zero attached hydrogens (tertiary/aromatic N) is 2. The van der Waals surface area contributed by atoms with Crippen LogP contribution in [-0.2, 0) is 10.0 Å². The third kappa shape index (κ3) is 2.99. The molecule has 1 saturated heterocycles. The molecule has 0 aliphatic carbocycles. The van der Waals surface area contributed by atoms with Crippen molar-refractivity contribution in [1.29, 1.82) is 0 Å². The largest absolute Gasteiger partial charge is 0.440 e. The Balaban J connectivity index is 1.36. The van der Waals surface area contributed by atoms with Crippen LogP contribution in [0.2, 0.25) is 0 Å². The van der Waals surface area contributed by atoms with Gasteiger partial charge in [0.15, 0.2) is 11.5 Å². The van der Waals surface area contributed by atoms with E-state index in [4.69, 9.17) is 4.42 Å². The van der Waals surface area contributed by atoms with Gasteiger partial charge in [-0.3, -0.25) is 0 Å². The average Bonchev–Trinajstić information content (AvgIpc) is 3.18. The standard InChI is InChI=1S/C22H20N2O3S/c25-28(26,19-10-9-16-5-1-2-6-18(16)15-19)24-13-11-17(12-14-24)22-23-20-7-3-4-8-21(20)27-22/h1-10,15,17H,11-14H2. The fraction of sp³-hybridized carbons (Fsp3) is 0.227. The summed E-state index contributed by atoms with van der Waals surface area (Å²) >= 11 is 0. The van der Waals surface area contributed by atoms with Crippen molar-refractivity contribution in [2.24, 2.45) is 0 Å². The second kappa shape index (κ2) is 6.72. The Kier molecular flexibility index (Phi) is 4.18. The highest BCUT2D eigenvalue weighted by atomic mass is 32.2. The van der Waals surface area contributed by atoms with Crippen LogP contribution in [-0.4, -0.2) is 30.8 Å². The molecule has 4 aromatic rings. The molecule has 0 amide bonds. The first kappa shape index (κ1) is 17.4. The van der Waals surface area contributed by atoms with Crippen LogP contribution < -0.4 is 0 Å². The molecule has 3 aromatic carbocycles. The van der Waals surface area contributed by atoms with Gasteiger partial charge in [-0.15, -0.1) is 0 Å². The van der Waals surface area contributed by atoms with E-state index in [0.717, 1.165) is 21.9 Å². The van der Waals surface area contributed by atoms with E-state index >= 15 is 0 Å². The van der Waals surface area contributed by atoms with Gasteiger partial charge in [-0.2, -0.15) is 4.31 Å². The molecule has 1 aliphatic rings. The highest BCUT2D eigenvalue weighted by molar-refractivity contribution is 7.89. The summed E-state index contributed by atoms with van der Waals surface area (Å²) in [5, 5.41) is 1.97. The Morgan fingerprint density at radius 2 is 1.61 bits per heavy atom. The molecule has 0 radical (unpaired) electrons. The molecule has 142 valence electrons. The third-order valence-electron chi connectivity index (χ3n) is 5.47. The number of oxazole rings is 1. The summed E-state index contributed by atoms with van der Waals surface area (Å²) in [5.74, 6) is 0.861. The molecule has 0 N–H and O–H groups in total. The number of hydrogen-bond acceptors (Lipinski definition) is 4. The van der Waals surface area contributed by atoms with Crippen LogP contribution in [0.1, 0.15) is 24.7 Å². The van der Waals surface area contributed by atoms with Gasteiger partial charge in [0.25, 0.3) is 0 Å². The van der Waals surface area contributed by atoms with Crippen molar-refractivity contribution in [3.8, 4) is 0 Å². The molecule has 5 rings (SSSR count). The van der Waals surface area contributed by atoms with Crippen molar-refractivity contribution in [2.75, 3.05) is 13.1 Å². The molecule has 1 fully saturated rings. The van der Waals surface area contributed by atoms with E-state index in [0.29, 0.717) is 36.7 Å². The van der Waals surface area contributed by atoms with Crippen molar-refractivity contribution in [1.82, 2.24) is 9.29 Å². The highest BCUT2D eigenvalue weighted by Crippen LogP contribution is 2.32. The Morgan fingerprint density at radius 1 is 0.893 bits per heavy atom. The topological polar surface area (TPSA) is 63.4 Å². The summed E-state index contributed by atoms with van der Waals surface area (Å²) < 4.78 is 33.7. The second-order valence-electron chi connectivity index (χ2n) is 7.21. The number of piperidine rings is 1. The maximum atomic E-state index is 13.1. The first-order chi connectivity index (χ1) is 13.6. The second-order valence-corrected chi connectivity index (χ2v) is 9.15. The number of para-hydroxylation sites is 2. The number of fused-ring (bicyclic) bond motifs is 2. The van der Waals surface area contributed by atoms with E-state index in [9.17, 15) is 8.42 Å². The molecule has 1 aromatic heterocycles. The van der Waals surface area contributed by atoms with Crippen LogP contribution in [0.4, 0.5) is 0 Å². The van der Waals surface area contributed by atoms with Crippen molar-refractivity contribution >= 4 is 31.9 Å². The van der Waals surface area contributed by atoms with Crippen LogP contribution in [0.3, 0.4) is 0 Å². The Labute approximate surface area is 163 Å². The van der Waals surface area contributed by atoms with Crippen molar-refractivity contribution < 1.29 is 12.8 Å². The lowest BCUT2D eigenvalue weighted by molar-refractivity contribution is 0.293. The van der Waals surface area contributed by atoms with Crippen LogP contribution in [0.5, 0.6) is 0 Å². The summed E-state index contributed by atoms with van der Waals surface area (Å²) in [7, 11) is -3.50.